The van der Waals surface area contributed by atoms with Gasteiger partial charge in [0.05, 0.1) is 19.8 Å². The highest BCUT2D eigenvalue weighted by molar-refractivity contribution is 5.98. The largest absolute Gasteiger partial charge is 0.465 e. The van der Waals surface area contributed by atoms with Gasteiger partial charge < -0.3 is 10.0 Å². The molecule has 1 unspecified atom stereocenters. The second kappa shape index (κ2) is 6.35. The lowest BCUT2D eigenvalue weighted by Crippen LogP contribution is -2.47. The van der Waals surface area contributed by atoms with Crippen LogP contribution in [0.4, 0.5) is 16.2 Å². The van der Waals surface area contributed by atoms with Gasteiger partial charge in [-0.15, -0.1) is 0 Å². The van der Waals surface area contributed by atoms with Crippen LogP contribution in [0.15, 0.2) is 18.2 Å². The number of anilines is 2. The Labute approximate surface area is 165 Å². The number of hydrogen-bond donors (Lipinski definition) is 1. The molecule has 4 atom stereocenters. The van der Waals surface area contributed by atoms with Gasteiger partial charge in [0, 0.05) is 36.3 Å². The molecule has 0 aromatic heterocycles. The maximum absolute atomic E-state index is 12.7. The summed E-state index contributed by atoms with van der Waals surface area (Å²) >= 11 is 0. The minimum Gasteiger partial charge on any atom is -0.465 e. The van der Waals surface area contributed by atoms with Crippen LogP contribution < -0.4 is 9.80 Å². The maximum Gasteiger partial charge on any atom is 0.412 e. The summed E-state index contributed by atoms with van der Waals surface area (Å²) in [6.07, 6.45) is 0.143. The Morgan fingerprint density at radius 2 is 2.07 bits per heavy atom. The highest BCUT2D eigenvalue weighted by Crippen LogP contribution is 2.52. The molecule has 28 heavy (non-hydrogen) atoms. The van der Waals surface area contributed by atoms with Gasteiger partial charge in [-0.05, 0) is 37.2 Å². The van der Waals surface area contributed by atoms with E-state index in [1.54, 1.807) is 0 Å². The molecular weight excluding hydrogens is 360 g/mol. The molecule has 2 saturated heterocycles. The van der Waals surface area contributed by atoms with Crippen LogP contribution >= 0.6 is 0 Å². The van der Waals surface area contributed by atoms with Gasteiger partial charge in [-0.1, -0.05) is 13.8 Å². The fourth-order valence-electron chi connectivity index (χ4n) is 5.48. The number of nitrogens with zero attached hydrogens (tertiary/aromatic N) is 4. The molecular formula is C20H28N4O4. The lowest BCUT2D eigenvalue weighted by atomic mass is 9.81. The van der Waals surface area contributed by atoms with Crippen LogP contribution in [-0.2, 0) is 15.0 Å². The zero-order valence-corrected chi connectivity index (χ0v) is 17.0. The molecule has 8 nitrogen and oxygen atoms in total. The lowest BCUT2D eigenvalue weighted by Gasteiger charge is -2.32. The van der Waals surface area contributed by atoms with Crippen molar-refractivity contribution in [3.05, 3.63) is 23.8 Å². The van der Waals surface area contributed by atoms with E-state index in [1.807, 2.05) is 25.1 Å². The molecule has 2 amide bonds. The number of amides is 2. The third-order valence-electron chi connectivity index (χ3n) is 6.79. The minimum absolute atomic E-state index is 0.0666. The molecule has 1 N–H and O–H groups in total. The minimum atomic E-state index is -1.13. The lowest BCUT2D eigenvalue weighted by molar-refractivity contribution is -0.168. The van der Waals surface area contributed by atoms with Gasteiger partial charge in [0.15, 0.2) is 0 Å². The first-order valence-electron chi connectivity index (χ1n) is 9.66. The van der Waals surface area contributed by atoms with E-state index < -0.39 is 12.1 Å². The van der Waals surface area contributed by atoms with E-state index in [1.165, 1.54) is 17.1 Å². The van der Waals surface area contributed by atoms with Gasteiger partial charge >= 0.3 is 6.09 Å². The van der Waals surface area contributed by atoms with Gasteiger partial charge in [0.25, 0.3) is 5.91 Å². The van der Waals surface area contributed by atoms with Crippen LogP contribution in [0.2, 0.25) is 0 Å². The fraction of sp³-hybridized carbons (Fsp3) is 0.600. The van der Waals surface area contributed by atoms with Crippen molar-refractivity contribution in [1.29, 1.82) is 0 Å². The number of carbonyl (C=O) groups is 2. The van der Waals surface area contributed by atoms with Crippen LogP contribution in [-0.4, -0.2) is 73.6 Å². The molecule has 2 fully saturated rings. The molecule has 3 heterocycles. The first kappa shape index (κ1) is 19.0. The van der Waals surface area contributed by atoms with Crippen LogP contribution in [0.5, 0.6) is 0 Å². The van der Waals surface area contributed by atoms with Crippen molar-refractivity contribution in [3.63, 3.8) is 0 Å². The average molecular weight is 388 g/mol. The van der Waals surface area contributed by atoms with Gasteiger partial charge in [-0.3, -0.25) is 19.4 Å². The number of likely N-dealkylation sites (tertiary alicyclic amines) is 1. The van der Waals surface area contributed by atoms with Crippen molar-refractivity contribution >= 4 is 23.4 Å². The normalized spacial score (nSPS) is 32.0. The Kier molecular flexibility index (Phi) is 4.31. The van der Waals surface area contributed by atoms with E-state index in [9.17, 15) is 14.7 Å². The highest BCUT2D eigenvalue weighted by atomic mass is 16.7. The molecule has 8 heteroatoms. The van der Waals surface area contributed by atoms with E-state index in [0.29, 0.717) is 12.2 Å². The summed E-state index contributed by atoms with van der Waals surface area (Å²) in [6, 6.07) is 4.97. The van der Waals surface area contributed by atoms with E-state index in [-0.39, 0.29) is 23.4 Å². The summed E-state index contributed by atoms with van der Waals surface area (Å²) in [4.78, 5) is 35.9. The number of benzene rings is 1. The second-order valence-corrected chi connectivity index (χ2v) is 8.49. The standard InChI is InChI=1S/C20H28N4O4/c1-12-11-23(28-5)17(25)16(12)24(19(26)27)13-6-7-15-14(10-13)20(2)8-9-21(3)18(20)22(15)4/h6-7,10,12,16,18H,8-9,11H2,1-5H3,(H,26,27)/t12-,16-,18?,20-/m0/s1. The summed E-state index contributed by atoms with van der Waals surface area (Å²) in [6.45, 7) is 5.50. The Balaban J connectivity index is 1.77. The van der Waals surface area contributed by atoms with Gasteiger partial charge in [-0.2, -0.15) is 0 Å². The van der Waals surface area contributed by atoms with Gasteiger partial charge in [0.2, 0.25) is 0 Å². The van der Waals surface area contributed by atoms with Gasteiger partial charge in [0.1, 0.15) is 6.04 Å². The predicted octanol–water partition coefficient (Wildman–Crippen LogP) is 1.95. The number of carboxylic acid groups (broad SMARTS) is 1. The van der Waals surface area contributed by atoms with Crippen molar-refractivity contribution in [3.8, 4) is 0 Å². The summed E-state index contributed by atoms with van der Waals surface area (Å²) in [5.74, 6) is -0.486. The molecule has 1 aromatic rings. The van der Waals surface area contributed by atoms with Crippen LogP contribution in [0.25, 0.3) is 0 Å². The van der Waals surface area contributed by atoms with E-state index in [2.05, 4.69) is 30.8 Å². The molecule has 0 spiro atoms. The zero-order chi connectivity index (χ0) is 20.4. The summed E-state index contributed by atoms with van der Waals surface area (Å²) in [5.41, 5.74) is 2.74. The first-order chi connectivity index (χ1) is 13.2. The molecule has 152 valence electrons. The number of rotatable bonds is 3. The summed E-state index contributed by atoms with van der Waals surface area (Å²) in [7, 11) is 5.64. The molecule has 3 aliphatic heterocycles. The first-order valence-corrected chi connectivity index (χ1v) is 9.66. The summed E-state index contributed by atoms with van der Waals surface area (Å²) < 4.78 is 0. The Bertz CT molecular complexity index is 830. The monoisotopic (exact) mass is 388 g/mol. The molecule has 0 saturated carbocycles. The Hall–Kier alpha value is -2.32. The van der Waals surface area contributed by atoms with Crippen molar-refractivity contribution < 1.29 is 19.5 Å². The molecule has 1 aromatic carbocycles. The number of hydroxylamine groups is 2. The summed E-state index contributed by atoms with van der Waals surface area (Å²) in [5, 5.41) is 11.2. The Morgan fingerprint density at radius 1 is 1.36 bits per heavy atom. The molecule has 3 aliphatic rings. The van der Waals surface area contributed by atoms with Crippen molar-refractivity contribution in [2.45, 2.75) is 37.9 Å². The smallest absolute Gasteiger partial charge is 0.412 e. The van der Waals surface area contributed by atoms with Crippen molar-refractivity contribution in [2.24, 2.45) is 5.92 Å². The molecule has 0 radical (unpaired) electrons. The fourth-order valence-corrected chi connectivity index (χ4v) is 5.48. The zero-order valence-electron chi connectivity index (χ0n) is 17.0. The van der Waals surface area contributed by atoms with Crippen molar-refractivity contribution in [1.82, 2.24) is 9.96 Å². The molecule has 0 aliphatic carbocycles. The Morgan fingerprint density at radius 3 is 2.68 bits per heavy atom. The number of hydrogen-bond acceptors (Lipinski definition) is 5. The third kappa shape index (κ3) is 2.44. The van der Waals surface area contributed by atoms with E-state index >= 15 is 0 Å². The SMILES string of the molecule is CON1C[C@H](C)[C@H](N(C(=O)O)c2ccc3c(c2)[C@]2(C)CCN(C)C2N3C)C1=O. The topological polar surface area (TPSA) is 76.6 Å². The van der Waals surface area contributed by atoms with Crippen LogP contribution in [0.3, 0.4) is 0 Å². The van der Waals surface area contributed by atoms with E-state index in [4.69, 9.17) is 4.84 Å². The van der Waals surface area contributed by atoms with Crippen LogP contribution in [0.1, 0.15) is 25.8 Å². The molecule has 4 rings (SSSR count). The molecule has 0 bridgehead atoms. The number of carbonyl (C=O) groups excluding carboxylic acids is 1. The van der Waals surface area contributed by atoms with Gasteiger partial charge in [-0.25, -0.2) is 9.86 Å². The predicted molar refractivity (Wildman–Crippen MR) is 105 cm³/mol. The van der Waals surface area contributed by atoms with Crippen LogP contribution in [0, 0.1) is 5.92 Å². The highest BCUT2D eigenvalue weighted by Gasteiger charge is 2.53. The van der Waals surface area contributed by atoms with Crippen molar-refractivity contribution in [2.75, 3.05) is 44.1 Å². The third-order valence-corrected chi connectivity index (χ3v) is 6.79. The average Bonchev–Trinajstić information content (AvgIpc) is 3.19. The quantitative estimate of drug-likeness (QED) is 0.853. The maximum atomic E-state index is 12.7. The van der Waals surface area contributed by atoms with E-state index in [0.717, 1.165) is 24.2 Å². The number of likely N-dealkylation sites (N-methyl/N-ethyl adjacent to an activating group) is 2. The second-order valence-electron chi connectivity index (χ2n) is 8.49. The number of fused-ring (bicyclic) bond motifs is 3.